The summed E-state index contributed by atoms with van der Waals surface area (Å²) < 4.78 is 4.52. The lowest BCUT2D eigenvalue weighted by Crippen LogP contribution is -2.34. The number of carbonyl (C=O) groups is 3. The molecule has 7 heteroatoms. The van der Waals surface area contributed by atoms with Gasteiger partial charge in [0.05, 0.1) is 13.5 Å². The third-order valence-electron chi connectivity index (χ3n) is 4.09. The summed E-state index contributed by atoms with van der Waals surface area (Å²) in [6.45, 7) is 4.76. The van der Waals surface area contributed by atoms with Crippen molar-refractivity contribution in [2.75, 3.05) is 25.5 Å². The molecule has 2 rings (SSSR count). The van der Waals surface area contributed by atoms with Gasteiger partial charge in [-0.15, -0.1) is 6.58 Å². The fraction of sp³-hybridized carbons (Fsp3) is 0.227. The zero-order chi connectivity index (χ0) is 21.1. The number of rotatable bonds is 9. The highest BCUT2D eigenvalue weighted by molar-refractivity contribution is 5.95. The number of ether oxygens (including phenoxy) is 1. The molecule has 152 valence electrons. The van der Waals surface area contributed by atoms with E-state index in [1.807, 2.05) is 30.3 Å². The number of anilines is 1. The summed E-state index contributed by atoms with van der Waals surface area (Å²) in [5.41, 5.74) is 2.02. The molecule has 0 spiro atoms. The van der Waals surface area contributed by atoms with Crippen LogP contribution in [-0.2, 0) is 16.1 Å². The summed E-state index contributed by atoms with van der Waals surface area (Å²) in [5, 5.41) is 5.47. The molecule has 7 nitrogen and oxygen atoms in total. The third kappa shape index (κ3) is 7.14. The molecule has 0 saturated heterocycles. The molecule has 0 radical (unpaired) electrons. The number of hydrogen-bond acceptors (Lipinski definition) is 4. The average Bonchev–Trinajstić information content (AvgIpc) is 2.74. The monoisotopic (exact) mass is 395 g/mol. The van der Waals surface area contributed by atoms with Gasteiger partial charge in [0.1, 0.15) is 0 Å². The molecular formula is C22H25N3O4. The summed E-state index contributed by atoms with van der Waals surface area (Å²) in [6.07, 6.45) is 1.78. The Kier molecular flexibility index (Phi) is 8.44. The lowest BCUT2D eigenvalue weighted by molar-refractivity contribution is -0.140. The van der Waals surface area contributed by atoms with Gasteiger partial charge < -0.3 is 20.3 Å². The molecule has 0 aliphatic heterocycles. The summed E-state index contributed by atoms with van der Waals surface area (Å²) >= 11 is 0. The Hall–Kier alpha value is -3.61. The smallest absolute Gasteiger partial charge is 0.322 e. The highest BCUT2D eigenvalue weighted by Gasteiger charge is 2.13. The number of nitrogens with one attached hydrogen (secondary N) is 2. The first kappa shape index (κ1) is 21.7. The van der Waals surface area contributed by atoms with Crippen LogP contribution in [0.5, 0.6) is 0 Å². The van der Waals surface area contributed by atoms with Crippen LogP contribution in [0.2, 0.25) is 0 Å². The molecule has 2 aromatic carbocycles. The van der Waals surface area contributed by atoms with Crippen LogP contribution >= 0.6 is 0 Å². The van der Waals surface area contributed by atoms with Crippen molar-refractivity contribution in [3.05, 3.63) is 78.4 Å². The molecule has 0 fully saturated rings. The Labute approximate surface area is 170 Å². The van der Waals surface area contributed by atoms with Gasteiger partial charge in [0.2, 0.25) is 0 Å². The number of urea groups is 1. The average molecular weight is 395 g/mol. The Morgan fingerprint density at radius 2 is 1.76 bits per heavy atom. The fourth-order valence-electron chi connectivity index (χ4n) is 2.57. The first-order valence-corrected chi connectivity index (χ1v) is 9.19. The molecule has 0 atom stereocenters. The Balaban J connectivity index is 1.92. The zero-order valence-corrected chi connectivity index (χ0v) is 16.4. The molecule has 0 aliphatic rings. The van der Waals surface area contributed by atoms with E-state index in [0.29, 0.717) is 24.3 Å². The van der Waals surface area contributed by atoms with Crippen molar-refractivity contribution in [3.8, 4) is 0 Å². The maximum atomic E-state index is 12.6. The fourth-order valence-corrected chi connectivity index (χ4v) is 2.57. The molecule has 0 heterocycles. The Morgan fingerprint density at radius 1 is 1.07 bits per heavy atom. The SMILES string of the molecule is C=CCN(Cc1ccccc1)C(=O)Nc1ccc(C(=O)NCCC(=O)OC)cc1. The van der Waals surface area contributed by atoms with Gasteiger partial charge >= 0.3 is 12.0 Å². The maximum absolute atomic E-state index is 12.6. The van der Waals surface area contributed by atoms with Crippen LogP contribution in [0, 0.1) is 0 Å². The van der Waals surface area contributed by atoms with Crippen LogP contribution in [0.4, 0.5) is 10.5 Å². The van der Waals surface area contributed by atoms with E-state index in [0.717, 1.165) is 5.56 Å². The van der Waals surface area contributed by atoms with Crippen molar-refractivity contribution in [2.45, 2.75) is 13.0 Å². The first-order chi connectivity index (χ1) is 14.0. The molecule has 0 bridgehead atoms. The lowest BCUT2D eigenvalue weighted by Gasteiger charge is -2.22. The number of nitrogens with zero attached hydrogens (tertiary/aromatic N) is 1. The lowest BCUT2D eigenvalue weighted by atomic mass is 10.2. The van der Waals surface area contributed by atoms with Gasteiger partial charge in [-0.1, -0.05) is 36.4 Å². The van der Waals surface area contributed by atoms with E-state index in [1.54, 1.807) is 35.2 Å². The van der Waals surface area contributed by atoms with Crippen molar-refractivity contribution in [2.24, 2.45) is 0 Å². The molecule has 0 aromatic heterocycles. The van der Waals surface area contributed by atoms with E-state index < -0.39 is 0 Å². The third-order valence-corrected chi connectivity index (χ3v) is 4.09. The molecular weight excluding hydrogens is 370 g/mol. The summed E-state index contributed by atoms with van der Waals surface area (Å²) in [5.74, 6) is -0.688. The maximum Gasteiger partial charge on any atom is 0.322 e. The minimum absolute atomic E-state index is 0.108. The minimum Gasteiger partial charge on any atom is -0.469 e. The van der Waals surface area contributed by atoms with Gasteiger partial charge in [-0.2, -0.15) is 0 Å². The molecule has 29 heavy (non-hydrogen) atoms. The molecule has 0 aliphatic carbocycles. The Bertz CT molecular complexity index is 835. The topological polar surface area (TPSA) is 87.7 Å². The standard InChI is InChI=1S/C22H25N3O4/c1-3-15-25(16-17-7-5-4-6-8-17)22(28)24-19-11-9-18(10-12-19)21(27)23-14-13-20(26)29-2/h3-12H,1,13-16H2,2H3,(H,23,27)(H,24,28). The highest BCUT2D eigenvalue weighted by Crippen LogP contribution is 2.12. The van der Waals surface area contributed by atoms with Gasteiger partial charge in [0.15, 0.2) is 0 Å². The number of amides is 3. The van der Waals surface area contributed by atoms with E-state index >= 15 is 0 Å². The van der Waals surface area contributed by atoms with Gasteiger partial charge in [-0.25, -0.2) is 4.79 Å². The highest BCUT2D eigenvalue weighted by atomic mass is 16.5. The number of hydrogen-bond donors (Lipinski definition) is 2. The van der Waals surface area contributed by atoms with Crippen molar-refractivity contribution >= 4 is 23.6 Å². The Morgan fingerprint density at radius 3 is 2.38 bits per heavy atom. The predicted molar refractivity (Wildman–Crippen MR) is 111 cm³/mol. The predicted octanol–water partition coefficient (Wildman–Crippen LogP) is 3.20. The van der Waals surface area contributed by atoms with Crippen molar-refractivity contribution in [1.82, 2.24) is 10.2 Å². The van der Waals surface area contributed by atoms with Gasteiger partial charge in [-0.3, -0.25) is 9.59 Å². The zero-order valence-electron chi connectivity index (χ0n) is 16.4. The second-order valence-electron chi connectivity index (χ2n) is 6.24. The normalized spacial score (nSPS) is 9.97. The molecule has 2 N–H and O–H groups in total. The van der Waals surface area contributed by atoms with Crippen LogP contribution in [0.25, 0.3) is 0 Å². The van der Waals surface area contributed by atoms with Crippen LogP contribution in [0.3, 0.4) is 0 Å². The van der Waals surface area contributed by atoms with Crippen molar-refractivity contribution < 1.29 is 19.1 Å². The number of esters is 1. The second-order valence-corrected chi connectivity index (χ2v) is 6.24. The van der Waals surface area contributed by atoms with Crippen molar-refractivity contribution in [1.29, 1.82) is 0 Å². The molecule has 2 aromatic rings. The van der Waals surface area contributed by atoms with Crippen LogP contribution in [-0.4, -0.2) is 43.0 Å². The minimum atomic E-state index is -0.386. The van der Waals surface area contributed by atoms with E-state index in [4.69, 9.17) is 0 Å². The van der Waals surface area contributed by atoms with Crippen molar-refractivity contribution in [3.63, 3.8) is 0 Å². The summed E-state index contributed by atoms with van der Waals surface area (Å²) in [7, 11) is 1.30. The van der Waals surface area contributed by atoms with E-state index in [-0.39, 0.29) is 30.9 Å². The van der Waals surface area contributed by atoms with E-state index in [9.17, 15) is 14.4 Å². The second kappa shape index (κ2) is 11.3. The largest absolute Gasteiger partial charge is 0.469 e. The number of methoxy groups -OCH3 is 1. The van der Waals surface area contributed by atoms with E-state index in [1.165, 1.54) is 7.11 Å². The quantitative estimate of drug-likeness (QED) is 0.504. The summed E-state index contributed by atoms with van der Waals surface area (Å²) in [6, 6.07) is 16.0. The van der Waals surface area contributed by atoms with Crippen LogP contribution in [0.15, 0.2) is 67.3 Å². The van der Waals surface area contributed by atoms with Gasteiger partial charge in [0, 0.05) is 30.9 Å². The molecule has 0 saturated carbocycles. The van der Waals surface area contributed by atoms with Crippen LogP contribution in [0.1, 0.15) is 22.3 Å². The van der Waals surface area contributed by atoms with E-state index in [2.05, 4.69) is 21.9 Å². The van der Waals surface area contributed by atoms with Gasteiger partial charge in [-0.05, 0) is 29.8 Å². The summed E-state index contributed by atoms with van der Waals surface area (Å²) in [4.78, 5) is 37.4. The number of carbonyl (C=O) groups excluding carboxylic acids is 3. The molecule has 0 unspecified atom stereocenters. The van der Waals surface area contributed by atoms with Gasteiger partial charge in [0.25, 0.3) is 5.91 Å². The first-order valence-electron chi connectivity index (χ1n) is 9.19. The molecule has 3 amide bonds. The van der Waals surface area contributed by atoms with Crippen LogP contribution < -0.4 is 10.6 Å². The number of benzene rings is 2.